The lowest BCUT2D eigenvalue weighted by atomic mass is 10.2. The summed E-state index contributed by atoms with van der Waals surface area (Å²) in [6.07, 6.45) is 0. The largest absolute Gasteiger partial charge is 0.474 e. The van der Waals surface area contributed by atoms with Crippen LogP contribution in [0.15, 0.2) is 6.07 Å². The van der Waals surface area contributed by atoms with Crippen LogP contribution in [-0.2, 0) is 4.74 Å². The van der Waals surface area contributed by atoms with Crippen molar-refractivity contribution >= 4 is 11.8 Å². The minimum absolute atomic E-state index is 0.145. The molecule has 106 valence electrons. The number of aliphatic hydroxyl groups is 1. The molecule has 3 N–H and O–H groups in total. The molecule has 2 rings (SSSR count). The zero-order valence-corrected chi connectivity index (χ0v) is 11.3. The van der Waals surface area contributed by atoms with Gasteiger partial charge in [-0.15, -0.1) is 0 Å². The second-order valence-electron chi connectivity index (χ2n) is 5.13. The number of nitrogens with zero attached hydrogens (tertiary/aromatic N) is 3. The predicted octanol–water partition coefficient (Wildman–Crippen LogP) is 0.0451. The maximum atomic E-state index is 9.64. The number of rotatable bonds is 4. The number of aromatic nitrogens is 2. The number of anilines is 2. The zero-order valence-electron chi connectivity index (χ0n) is 11.3. The molecular formula is C12H20N4O3. The fraction of sp³-hybridized carbons (Fsp3) is 0.667. The third kappa shape index (κ3) is 4.22. The molecular weight excluding hydrogens is 248 g/mol. The molecule has 1 aromatic heterocycles. The Balaban J connectivity index is 2.10. The van der Waals surface area contributed by atoms with Crippen molar-refractivity contribution < 1.29 is 14.6 Å². The van der Waals surface area contributed by atoms with Crippen LogP contribution in [-0.4, -0.2) is 53.6 Å². The van der Waals surface area contributed by atoms with E-state index in [-0.39, 0.29) is 6.61 Å². The van der Waals surface area contributed by atoms with Crippen LogP contribution in [0.4, 0.5) is 11.8 Å². The summed E-state index contributed by atoms with van der Waals surface area (Å²) < 4.78 is 10.7. The average molecular weight is 268 g/mol. The lowest BCUT2D eigenvalue weighted by Gasteiger charge is -2.27. The van der Waals surface area contributed by atoms with Crippen LogP contribution in [0, 0.1) is 0 Å². The first-order chi connectivity index (χ1) is 8.94. The zero-order chi connectivity index (χ0) is 13.9. The van der Waals surface area contributed by atoms with Gasteiger partial charge < -0.3 is 25.2 Å². The first kappa shape index (κ1) is 13.8. The summed E-state index contributed by atoms with van der Waals surface area (Å²) in [5.41, 5.74) is 4.84. The monoisotopic (exact) mass is 268 g/mol. The van der Waals surface area contributed by atoms with Crippen LogP contribution in [0.25, 0.3) is 0 Å². The number of morpholine rings is 1. The van der Waals surface area contributed by atoms with Crippen molar-refractivity contribution in [2.45, 2.75) is 19.4 Å². The Labute approximate surface area is 112 Å². The molecule has 19 heavy (non-hydrogen) atoms. The van der Waals surface area contributed by atoms with Crippen molar-refractivity contribution in [1.82, 2.24) is 9.97 Å². The van der Waals surface area contributed by atoms with E-state index in [1.807, 2.05) is 4.90 Å². The second-order valence-corrected chi connectivity index (χ2v) is 5.13. The molecule has 1 aromatic rings. The Bertz CT molecular complexity index is 427. The third-order valence-electron chi connectivity index (χ3n) is 2.58. The Hall–Kier alpha value is -1.60. The highest BCUT2D eigenvalue weighted by Gasteiger charge is 2.17. The molecule has 0 amide bonds. The molecule has 7 nitrogen and oxygen atoms in total. The van der Waals surface area contributed by atoms with Crippen LogP contribution < -0.4 is 15.4 Å². The van der Waals surface area contributed by atoms with Gasteiger partial charge in [0.15, 0.2) is 0 Å². The van der Waals surface area contributed by atoms with Crippen molar-refractivity contribution in [3.05, 3.63) is 6.07 Å². The van der Waals surface area contributed by atoms with Crippen LogP contribution in [0.3, 0.4) is 0 Å². The van der Waals surface area contributed by atoms with E-state index in [1.54, 1.807) is 19.9 Å². The number of nitrogens with two attached hydrogens (primary N) is 1. The lowest BCUT2D eigenvalue weighted by molar-refractivity contribution is 0.0268. The van der Waals surface area contributed by atoms with Crippen LogP contribution >= 0.6 is 0 Å². The van der Waals surface area contributed by atoms with Crippen LogP contribution in [0.2, 0.25) is 0 Å². The van der Waals surface area contributed by atoms with Crippen molar-refractivity contribution in [1.29, 1.82) is 0 Å². The summed E-state index contributed by atoms with van der Waals surface area (Å²) in [6.45, 7) is 6.24. The highest BCUT2D eigenvalue weighted by atomic mass is 16.5. The van der Waals surface area contributed by atoms with Gasteiger partial charge >= 0.3 is 0 Å². The molecule has 1 fully saturated rings. The first-order valence-corrected chi connectivity index (χ1v) is 6.26. The molecule has 2 heterocycles. The van der Waals surface area contributed by atoms with E-state index < -0.39 is 5.60 Å². The van der Waals surface area contributed by atoms with Gasteiger partial charge in [0.2, 0.25) is 11.8 Å². The smallest absolute Gasteiger partial charge is 0.230 e. The Morgan fingerprint density at radius 1 is 1.42 bits per heavy atom. The van der Waals surface area contributed by atoms with E-state index in [0.717, 1.165) is 13.1 Å². The van der Waals surface area contributed by atoms with Gasteiger partial charge in [0, 0.05) is 19.2 Å². The standard InChI is InChI=1S/C12H20N4O3/c1-12(2,17)8-19-10-7-9(13)14-11(15-10)16-3-5-18-6-4-16/h7,17H,3-6,8H2,1-2H3,(H2,13,14,15). The maximum Gasteiger partial charge on any atom is 0.230 e. The Morgan fingerprint density at radius 3 is 2.74 bits per heavy atom. The van der Waals surface area contributed by atoms with Crippen molar-refractivity contribution in [2.75, 3.05) is 43.5 Å². The van der Waals surface area contributed by atoms with Crippen molar-refractivity contribution in [3.63, 3.8) is 0 Å². The fourth-order valence-corrected chi connectivity index (χ4v) is 1.66. The van der Waals surface area contributed by atoms with E-state index in [2.05, 4.69) is 9.97 Å². The van der Waals surface area contributed by atoms with Crippen molar-refractivity contribution in [2.24, 2.45) is 0 Å². The number of hydrogen-bond acceptors (Lipinski definition) is 7. The van der Waals surface area contributed by atoms with Gasteiger partial charge in [-0.1, -0.05) is 0 Å². The molecule has 1 aliphatic heterocycles. The number of nitrogen functional groups attached to an aromatic ring is 1. The van der Waals surface area contributed by atoms with E-state index in [0.29, 0.717) is 30.9 Å². The van der Waals surface area contributed by atoms with E-state index in [4.69, 9.17) is 15.2 Å². The molecule has 1 aliphatic rings. The topological polar surface area (TPSA) is 93.7 Å². The van der Waals surface area contributed by atoms with E-state index in [1.165, 1.54) is 0 Å². The van der Waals surface area contributed by atoms with E-state index in [9.17, 15) is 5.11 Å². The Kier molecular flexibility index (Phi) is 4.06. The highest BCUT2D eigenvalue weighted by Crippen LogP contribution is 2.19. The quantitative estimate of drug-likeness (QED) is 0.796. The summed E-state index contributed by atoms with van der Waals surface area (Å²) in [7, 11) is 0. The maximum absolute atomic E-state index is 9.64. The molecule has 0 aliphatic carbocycles. The predicted molar refractivity (Wildman–Crippen MR) is 71.3 cm³/mol. The molecule has 7 heteroatoms. The highest BCUT2D eigenvalue weighted by molar-refractivity contribution is 5.42. The normalized spacial score (nSPS) is 16.5. The van der Waals surface area contributed by atoms with E-state index >= 15 is 0 Å². The van der Waals surface area contributed by atoms with Gasteiger partial charge in [0.1, 0.15) is 12.4 Å². The molecule has 0 unspecified atom stereocenters. The SMILES string of the molecule is CC(C)(O)COc1cc(N)nc(N2CCOCC2)n1. The number of ether oxygens (including phenoxy) is 2. The Morgan fingerprint density at radius 2 is 2.11 bits per heavy atom. The fourth-order valence-electron chi connectivity index (χ4n) is 1.66. The summed E-state index contributed by atoms with van der Waals surface area (Å²) >= 11 is 0. The lowest BCUT2D eigenvalue weighted by Crippen LogP contribution is -2.37. The van der Waals surface area contributed by atoms with Gasteiger partial charge in [-0.3, -0.25) is 0 Å². The molecule has 0 radical (unpaired) electrons. The van der Waals surface area contributed by atoms with Gasteiger partial charge in [-0.25, -0.2) is 0 Å². The van der Waals surface area contributed by atoms with Gasteiger partial charge in [0.05, 0.1) is 18.8 Å². The van der Waals surface area contributed by atoms with Gasteiger partial charge in [0.25, 0.3) is 0 Å². The van der Waals surface area contributed by atoms with Crippen LogP contribution in [0.5, 0.6) is 5.88 Å². The number of hydrogen-bond donors (Lipinski definition) is 2. The third-order valence-corrected chi connectivity index (χ3v) is 2.58. The van der Waals surface area contributed by atoms with Gasteiger partial charge in [-0.05, 0) is 13.8 Å². The second kappa shape index (κ2) is 5.58. The summed E-state index contributed by atoms with van der Waals surface area (Å²) in [5.74, 6) is 1.26. The first-order valence-electron chi connectivity index (χ1n) is 6.26. The van der Waals surface area contributed by atoms with Crippen molar-refractivity contribution in [3.8, 4) is 5.88 Å². The van der Waals surface area contributed by atoms with Crippen LogP contribution in [0.1, 0.15) is 13.8 Å². The molecule has 0 spiro atoms. The average Bonchev–Trinajstić information content (AvgIpc) is 2.36. The minimum Gasteiger partial charge on any atom is -0.474 e. The molecule has 0 bridgehead atoms. The summed E-state index contributed by atoms with van der Waals surface area (Å²) in [4.78, 5) is 10.5. The summed E-state index contributed by atoms with van der Waals surface area (Å²) in [6, 6.07) is 1.55. The molecule has 1 saturated heterocycles. The molecule has 0 atom stereocenters. The summed E-state index contributed by atoms with van der Waals surface area (Å²) in [5, 5.41) is 9.64. The molecule has 0 saturated carbocycles. The minimum atomic E-state index is -0.918. The van der Waals surface area contributed by atoms with Gasteiger partial charge in [-0.2, -0.15) is 9.97 Å². The molecule has 0 aromatic carbocycles.